The highest BCUT2D eigenvalue weighted by molar-refractivity contribution is 5.98. The molecule has 2 rings (SSSR count). The lowest BCUT2D eigenvalue weighted by Gasteiger charge is -2.20. The monoisotopic (exact) mass is 414 g/mol. The minimum atomic E-state index is -0.981. The Hall–Kier alpha value is -3.55. The Bertz CT molecular complexity index is 924. The molecular formula is C22H23FN2O5. The van der Waals surface area contributed by atoms with E-state index in [1.165, 1.54) is 19.1 Å². The highest BCUT2D eigenvalue weighted by atomic mass is 19.1. The Morgan fingerprint density at radius 3 is 2.03 bits per heavy atom. The van der Waals surface area contributed by atoms with Gasteiger partial charge in [0.15, 0.2) is 12.4 Å². The molecule has 2 aromatic carbocycles. The Morgan fingerprint density at radius 1 is 0.933 bits per heavy atom. The minimum absolute atomic E-state index is 0.0933. The van der Waals surface area contributed by atoms with Gasteiger partial charge in [-0.15, -0.1) is 0 Å². The van der Waals surface area contributed by atoms with Crippen molar-refractivity contribution in [3.8, 4) is 0 Å². The molecule has 0 unspecified atom stereocenters. The van der Waals surface area contributed by atoms with Gasteiger partial charge in [0.1, 0.15) is 11.9 Å². The molecule has 0 heterocycles. The van der Waals surface area contributed by atoms with Crippen LogP contribution in [0.5, 0.6) is 0 Å². The smallest absolute Gasteiger partial charge is 0.329 e. The fourth-order valence-electron chi connectivity index (χ4n) is 2.54. The molecule has 0 spiro atoms. The third-order valence-corrected chi connectivity index (χ3v) is 4.23. The van der Waals surface area contributed by atoms with Crippen LogP contribution in [0.1, 0.15) is 41.5 Å². The van der Waals surface area contributed by atoms with E-state index in [0.29, 0.717) is 11.3 Å². The molecule has 0 aliphatic carbocycles. The first-order valence-electron chi connectivity index (χ1n) is 9.31. The molecule has 7 nitrogen and oxygen atoms in total. The largest absolute Gasteiger partial charge is 0.454 e. The van der Waals surface area contributed by atoms with Crippen molar-refractivity contribution in [1.29, 1.82) is 0 Å². The standard InChI is InChI=1S/C22H23FN2O5/c1-13(2)20(25-21(28)16-4-8-17(23)9-5-16)22(29)30-12-19(27)24-18-10-6-15(7-11-18)14(3)26/h4-11,13,20H,12H2,1-3H3,(H,24,27)(H,25,28)/t20-/m0/s1. The van der Waals surface area contributed by atoms with Crippen molar-refractivity contribution < 1.29 is 28.3 Å². The SMILES string of the molecule is CC(=O)c1ccc(NC(=O)COC(=O)[C@@H](NC(=O)c2ccc(F)cc2)C(C)C)cc1. The van der Waals surface area contributed by atoms with Crippen LogP contribution in [0.25, 0.3) is 0 Å². The molecule has 2 amide bonds. The number of carbonyl (C=O) groups is 4. The van der Waals surface area contributed by atoms with E-state index in [2.05, 4.69) is 10.6 Å². The Kier molecular flexibility index (Phi) is 7.80. The number of rotatable bonds is 8. The van der Waals surface area contributed by atoms with Crippen LogP contribution in [0.15, 0.2) is 48.5 Å². The number of hydrogen-bond donors (Lipinski definition) is 2. The maximum Gasteiger partial charge on any atom is 0.329 e. The summed E-state index contributed by atoms with van der Waals surface area (Å²) < 4.78 is 18.0. The molecule has 0 bridgehead atoms. The number of halogens is 1. The molecule has 0 aromatic heterocycles. The van der Waals surface area contributed by atoms with E-state index in [9.17, 15) is 23.6 Å². The van der Waals surface area contributed by atoms with Gasteiger partial charge in [-0.05, 0) is 61.4 Å². The quantitative estimate of drug-likeness (QED) is 0.511. The van der Waals surface area contributed by atoms with Gasteiger partial charge in [-0.25, -0.2) is 9.18 Å². The van der Waals surface area contributed by atoms with Gasteiger partial charge < -0.3 is 15.4 Å². The van der Waals surface area contributed by atoms with Gasteiger partial charge in [0.25, 0.3) is 11.8 Å². The summed E-state index contributed by atoms with van der Waals surface area (Å²) in [4.78, 5) is 47.9. The molecule has 8 heteroatoms. The van der Waals surface area contributed by atoms with Gasteiger partial charge in [0, 0.05) is 16.8 Å². The first-order valence-corrected chi connectivity index (χ1v) is 9.31. The number of Topliss-reactive ketones (excluding diaryl/α,β-unsaturated/α-hetero) is 1. The topological polar surface area (TPSA) is 102 Å². The average Bonchev–Trinajstić information content (AvgIpc) is 2.70. The average molecular weight is 414 g/mol. The minimum Gasteiger partial charge on any atom is -0.454 e. The molecule has 2 N–H and O–H groups in total. The summed E-state index contributed by atoms with van der Waals surface area (Å²) in [6.07, 6.45) is 0. The zero-order valence-corrected chi connectivity index (χ0v) is 16.9. The molecule has 0 radical (unpaired) electrons. The van der Waals surface area contributed by atoms with Crippen molar-refractivity contribution in [2.45, 2.75) is 26.8 Å². The molecule has 30 heavy (non-hydrogen) atoms. The predicted molar refractivity (Wildman–Crippen MR) is 109 cm³/mol. The number of anilines is 1. The van der Waals surface area contributed by atoms with Crippen molar-refractivity contribution >= 4 is 29.3 Å². The summed E-state index contributed by atoms with van der Waals surface area (Å²) in [6, 6.07) is 10.2. The molecule has 0 fully saturated rings. The number of esters is 1. The van der Waals surface area contributed by atoms with E-state index in [1.54, 1.807) is 38.1 Å². The zero-order chi connectivity index (χ0) is 22.3. The van der Waals surface area contributed by atoms with E-state index in [4.69, 9.17) is 4.74 Å². The van der Waals surface area contributed by atoms with Gasteiger partial charge >= 0.3 is 5.97 Å². The third kappa shape index (κ3) is 6.51. The normalized spacial score (nSPS) is 11.5. The number of amides is 2. The fraction of sp³-hybridized carbons (Fsp3) is 0.273. The second-order valence-electron chi connectivity index (χ2n) is 6.99. The number of carbonyl (C=O) groups excluding carboxylic acids is 4. The summed E-state index contributed by atoms with van der Waals surface area (Å²) in [5, 5.41) is 5.10. The van der Waals surface area contributed by atoms with Crippen molar-refractivity contribution in [3.05, 3.63) is 65.5 Å². The van der Waals surface area contributed by atoms with E-state index in [1.807, 2.05) is 0 Å². The summed E-state index contributed by atoms with van der Waals surface area (Å²) in [6.45, 7) is 4.33. The highest BCUT2D eigenvalue weighted by Gasteiger charge is 2.26. The lowest BCUT2D eigenvalue weighted by molar-refractivity contribution is -0.150. The Morgan fingerprint density at radius 2 is 1.50 bits per heavy atom. The van der Waals surface area contributed by atoms with Crippen LogP contribution in [-0.2, 0) is 14.3 Å². The first kappa shape index (κ1) is 22.7. The number of nitrogens with one attached hydrogen (secondary N) is 2. The van der Waals surface area contributed by atoms with Gasteiger partial charge in [-0.2, -0.15) is 0 Å². The second-order valence-corrected chi connectivity index (χ2v) is 6.99. The van der Waals surface area contributed by atoms with Crippen LogP contribution in [0, 0.1) is 11.7 Å². The summed E-state index contributed by atoms with van der Waals surface area (Å²) >= 11 is 0. The Labute approximate surface area is 173 Å². The Balaban J connectivity index is 1.91. The fourth-order valence-corrected chi connectivity index (χ4v) is 2.54. The lowest BCUT2D eigenvalue weighted by atomic mass is 10.0. The number of ketones is 1. The molecule has 0 saturated heterocycles. The maximum absolute atomic E-state index is 13.0. The molecular weight excluding hydrogens is 391 g/mol. The summed E-state index contributed by atoms with van der Waals surface area (Å²) in [5.41, 5.74) is 1.16. The van der Waals surface area contributed by atoms with Crippen molar-refractivity contribution in [3.63, 3.8) is 0 Å². The van der Waals surface area contributed by atoms with Crippen LogP contribution in [0.4, 0.5) is 10.1 Å². The highest BCUT2D eigenvalue weighted by Crippen LogP contribution is 2.11. The maximum atomic E-state index is 13.0. The van der Waals surface area contributed by atoms with Gasteiger partial charge in [-0.3, -0.25) is 14.4 Å². The molecule has 0 aliphatic rings. The lowest BCUT2D eigenvalue weighted by Crippen LogP contribution is -2.45. The number of benzene rings is 2. The molecule has 0 aliphatic heterocycles. The first-order chi connectivity index (χ1) is 14.2. The van der Waals surface area contributed by atoms with Crippen molar-refractivity contribution in [2.24, 2.45) is 5.92 Å². The molecule has 158 valence electrons. The van der Waals surface area contributed by atoms with Crippen LogP contribution in [0.3, 0.4) is 0 Å². The van der Waals surface area contributed by atoms with Crippen molar-refractivity contribution in [1.82, 2.24) is 5.32 Å². The van der Waals surface area contributed by atoms with E-state index in [-0.39, 0.29) is 17.3 Å². The number of ether oxygens (including phenoxy) is 1. The molecule has 1 atom stereocenters. The predicted octanol–water partition coefficient (Wildman–Crippen LogP) is 2.96. The zero-order valence-electron chi connectivity index (χ0n) is 16.9. The number of hydrogen-bond acceptors (Lipinski definition) is 5. The van der Waals surface area contributed by atoms with Gasteiger partial charge in [-0.1, -0.05) is 13.8 Å². The van der Waals surface area contributed by atoms with Crippen LogP contribution < -0.4 is 10.6 Å². The van der Waals surface area contributed by atoms with Crippen molar-refractivity contribution in [2.75, 3.05) is 11.9 Å². The van der Waals surface area contributed by atoms with Crippen LogP contribution in [-0.4, -0.2) is 36.2 Å². The summed E-state index contributed by atoms with van der Waals surface area (Å²) in [5.74, 6) is -2.75. The molecule has 0 saturated carbocycles. The van der Waals surface area contributed by atoms with Crippen LogP contribution >= 0.6 is 0 Å². The summed E-state index contributed by atoms with van der Waals surface area (Å²) in [7, 11) is 0. The second kappa shape index (κ2) is 10.3. The van der Waals surface area contributed by atoms with Gasteiger partial charge in [0.05, 0.1) is 0 Å². The van der Waals surface area contributed by atoms with Crippen LogP contribution in [0.2, 0.25) is 0 Å². The molecule has 2 aromatic rings. The van der Waals surface area contributed by atoms with E-state index in [0.717, 1.165) is 12.1 Å². The van der Waals surface area contributed by atoms with E-state index >= 15 is 0 Å². The van der Waals surface area contributed by atoms with Gasteiger partial charge in [0.2, 0.25) is 0 Å². The third-order valence-electron chi connectivity index (χ3n) is 4.23. The van der Waals surface area contributed by atoms with E-state index < -0.39 is 36.2 Å².